The molecule has 3 N–H and O–H groups in total. The first-order chi connectivity index (χ1) is 8.77. The molecule has 0 amide bonds. The maximum atomic E-state index is 12.1. The van der Waals surface area contributed by atoms with Gasteiger partial charge in [0.2, 0.25) is 10.0 Å². The van der Waals surface area contributed by atoms with E-state index in [0.717, 1.165) is 18.6 Å². The zero-order valence-electron chi connectivity index (χ0n) is 10.8. The molecule has 0 bridgehead atoms. The maximum absolute atomic E-state index is 12.1. The molecule has 0 aliphatic heterocycles. The number of anilines is 1. The Morgan fingerprint density at radius 1 is 1.47 bits per heavy atom. The summed E-state index contributed by atoms with van der Waals surface area (Å²) >= 11 is 0. The molecular formula is C11H17N3O4S. The van der Waals surface area contributed by atoms with Crippen molar-refractivity contribution >= 4 is 21.4 Å². The van der Waals surface area contributed by atoms with Gasteiger partial charge < -0.3 is 5.73 Å². The minimum absolute atomic E-state index is 0.148. The fourth-order valence-corrected chi connectivity index (χ4v) is 2.74. The fourth-order valence-electron chi connectivity index (χ4n) is 1.37. The van der Waals surface area contributed by atoms with E-state index < -0.39 is 25.5 Å². The van der Waals surface area contributed by atoms with Crippen LogP contribution < -0.4 is 10.5 Å². The Bertz CT molecular complexity index is 571. The Balaban J connectivity index is 3.13. The summed E-state index contributed by atoms with van der Waals surface area (Å²) in [7, 11) is -3.94. The Labute approximate surface area is 112 Å². The summed E-state index contributed by atoms with van der Waals surface area (Å²) in [6.07, 6.45) is 0.807. The Kier molecular flexibility index (Phi) is 4.84. The van der Waals surface area contributed by atoms with Gasteiger partial charge in [-0.05, 0) is 18.1 Å². The van der Waals surface area contributed by atoms with Crippen LogP contribution in [0.15, 0.2) is 23.1 Å². The van der Waals surface area contributed by atoms with Gasteiger partial charge in [0.05, 0.1) is 4.92 Å². The van der Waals surface area contributed by atoms with Gasteiger partial charge in [0, 0.05) is 18.3 Å². The molecule has 0 aliphatic carbocycles. The molecule has 0 fully saturated rings. The van der Waals surface area contributed by atoms with Crippen molar-refractivity contribution in [1.29, 1.82) is 0 Å². The second-order valence-corrected chi connectivity index (χ2v) is 6.08. The van der Waals surface area contributed by atoms with Crippen LogP contribution in [0.2, 0.25) is 0 Å². The predicted octanol–water partition coefficient (Wildman–Crippen LogP) is 1.50. The highest BCUT2D eigenvalue weighted by Gasteiger charge is 2.25. The molecule has 8 heteroatoms. The highest BCUT2D eigenvalue weighted by molar-refractivity contribution is 7.89. The Morgan fingerprint density at radius 3 is 2.63 bits per heavy atom. The first kappa shape index (κ1) is 15.4. The monoisotopic (exact) mass is 287 g/mol. The highest BCUT2D eigenvalue weighted by Crippen LogP contribution is 2.25. The predicted molar refractivity (Wildman–Crippen MR) is 72.2 cm³/mol. The van der Waals surface area contributed by atoms with Crippen molar-refractivity contribution in [3.05, 3.63) is 28.3 Å². The number of nitro benzene ring substituents is 1. The van der Waals surface area contributed by atoms with Gasteiger partial charge in [-0.3, -0.25) is 10.1 Å². The van der Waals surface area contributed by atoms with Crippen LogP contribution in [-0.2, 0) is 10.0 Å². The van der Waals surface area contributed by atoms with Crippen LogP contribution in [0.5, 0.6) is 0 Å². The zero-order valence-corrected chi connectivity index (χ0v) is 11.6. The first-order valence-electron chi connectivity index (χ1n) is 5.81. The van der Waals surface area contributed by atoms with E-state index in [4.69, 9.17) is 5.73 Å². The average molecular weight is 287 g/mol. The molecule has 0 spiro atoms. The minimum Gasteiger partial charge on any atom is -0.399 e. The van der Waals surface area contributed by atoms with E-state index in [2.05, 4.69) is 4.72 Å². The third kappa shape index (κ3) is 3.90. The molecule has 1 rings (SSSR count). The molecule has 106 valence electrons. The number of nitrogens with zero attached hydrogens (tertiary/aromatic N) is 1. The second-order valence-electron chi connectivity index (χ2n) is 4.35. The number of nitro groups is 1. The molecule has 0 aromatic heterocycles. The molecule has 1 aromatic rings. The summed E-state index contributed by atoms with van der Waals surface area (Å²) < 4.78 is 26.5. The van der Waals surface area contributed by atoms with Gasteiger partial charge in [-0.2, -0.15) is 0 Å². The van der Waals surface area contributed by atoms with Gasteiger partial charge in [0.15, 0.2) is 4.90 Å². The zero-order chi connectivity index (χ0) is 14.6. The summed E-state index contributed by atoms with van der Waals surface area (Å²) in [5, 5.41) is 10.8. The first-order valence-corrected chi connectivity index (χ1v) is 7.29. The average Bonchev–Trinajstić information content (AvgIpc) is 2.35. The third-order valence-electron chi connectivity index (χ3n) is 2.79. The van der Waals surface area contributed by atoms with Gasteiger partial charge in [-0.25, -0.2) is 13.1 Å². The van der Waals surface area contributed by atoms with Gasteiger partial charge in [0.1, 0.15) is 0 Å². The summed E-state index contributed by atoms with van der Waals surface area (Å²) in [6.45, 7) is 4.04. The molecule has 7 nitrogen and oxygen atoms in total. The summed E-state index contributed by atoms with van der Waals surface area (Å²) in [5.74, 6) is 0.148. The molecule has 0 heterocycles. The molecule has 1 atom stereocenters. The lowest BCUT2D eigenvalue weighted by molar-refractivity contribution is -0.387. The van der Waals surface area contributed by atoms with Crippen molar-refractivity contribution in [2.75, 3.05) is 12.3 Å². The number of hydrogen-bond donors (Lipinski definition) is 2. The fraction of sp³-hybridized carbons (Fsp3) is 0.455. The SMILES string of the molecule is CCC(C)CNS(=O)(=O)c1cc(N)ccc1[N+](=O)[O-]. The van der Waals surface area contributed by atoms with E-state index in [-0.39, 0.29) is 18.2 Å². The van der Waals surface area contributed by atoms with Crippen LogP contribution >= 0.6 is 0 Å². The van der Waals surface area contributed by atoms with Crippen LogP contribution in [0.4, 0.5) is 11.4 Å². The minimum atomic E-state index is -3.94. The lowest BCUT2D eigenvalue weighted by Gasteiger charge is -2.11. The number of hydrogen-bond acceptors (Lipinski definition) is 5. The molecule has 0 aliphatic rings. The lowest BCUT2D eigenvalue weighted by atomic mass is 10.1. The van der Waals surface area contributed by atoms with Crippen molar-refractivity contribution in [2.45, 2.75) is 25.2 Å². The van der Waals surface area contributed by atoms with Crippen molar-refractivity contribution in [3.8, 4) is 0 Å². The van der Waals surface area contributed by atoms with E-state index in [9.17, 15) is 18.5 Å². The van der Waals surface area contributed by atoms with Gasteiger partial charge >= 0.3 is 0 Å². The third-order valence-corrected chi connectivity index (χ3v) is 4.24. The number of rotatable bonds is 6. The number of sulfonamides is 1. The lowest BCUT2D eigenvalue weighted by Crippen LogP contribution is -2.28. The van der Waals surface area contributed by atoms with Crippen molar-refractivity contribution < 1.29 is 13.3 Å². The van der Waals surface area contributed by atoms with Crippen molar-refractivity contribution in [2.24, 2.45) is 5.92 Å². The van der Waals surface area contributed by atoms with Crippen LogP contribution in [0.1, 0.15) is 20.3 Å². The van der Waals surface area contributed by atoms with Gasteiger partial charge in [-0.15, -0.1) is 0 Å². The normalized spacial score (nSPS) is 13.2. The summed E-state index contributed by atoms with van der Waals surface area (Å²) in [4.78, 5) is 9.71. The van der Waals surface area contributed by atoms with Crippen molar-refractivity contribution in [3.63, 3.8) is 0 Å². The molecule has 1 aromatic carbocycles. The quantitative estimate of drug-likeness (QED) is 0.467. The van der Waals surface area contributed by atoms with Crippen molar-refractivity contribution in [1.82, 2.24) is 4.72 Å². The topological polar surface area (TPSA) is 115 Å². The summed E-state index contributed by atoms with van der Waals surface area (Å²) in [6, 6.07) is 3.48. The van der Waals surface area contributed by atoms with Gasteiger partial charge in [0.25, 0.3) is 5.69 Å². The largest absolute Gasteiger partial charge is 0.399 e. The van der Waals surface area contributed by atoms with Gasteiger partial charge in [-0.1, -0.05) is 20.3 Å². The highest BCUT2D eigenvalue weighted by atomic mass is 32.2. The van der Waals surface area contributed by atoms with Crippen LogP contribution in [0, 0.1) is 16.0 Å². The smallest absolute Gasteiger partial charge is 0.289 e. The van der Waals surface area contributed by atoms with E-state index in [1.165, 1.54) is 6.07 Å². The standard InChI is InChI=1S/C11H17N3O4S/c1-3-8(2)7-13-19(17,18)11-6-9(12)4-5-10(11)14(15)16/h4-6,8,13H,3,7,12H2,1-2H3. The number of nitrogens with one attached hydrogen (secondary N) is 1. The molecule has 0 saturated heterocycles. The Hall–Kier alpha value is -1.67. The van der Waals surface area contributed by atoms with Crippen LogP contribution in [-0.4, -0.2) is 19.9 Å². The van der Waals surface area contributed by atoms with Crippen LogP contribution in [0.25, 0.3) is 0 Å². The second kappa shape index (κ2) is 5.98. The van der Waals surface area contributed by atoms with Crippen LogP contribution in [0.3, 0.4) is 0 Å². The Morgan fingerprint density at radius 2 is 2.11 bits per heavy atom. The molecular weight excluding hydrogens is 270 g/mol. The van der Waals surface area contributed by atoms with E-state index in [1.54, 1.807) is 0 Å². The van der Waals surface area contributed by atoms with E-state index in [1.807, 2.05) is 13.8 Å². The van der Waals surface area contributed by atoms with E-state index >= 15 is 0 Å². The molecule has 0 radical (unpaired) electrons. The molecule has 1 unspecified atom stereocenters. The number of benzene rings is 1. The number of nitrogens with two attached hydrogens (primary N) is 1. The summed E-state index contributed by atoms with van der Waals surface area (Å²) in [5.41, 5.74) is 5.17. The molecule has 0 saturated carbocycles. The van der Waals surface area contributed by atoms with E-state index in [0.29, 0.717) is 0 Å². The molecule has 19 heavy (non-hydrogen) atoms. The number of nitrogen functional groups attached to an aromatic ring is 1. The maximum Gasteiger partial charge on any atom is 0.289 e.